The van der Waals surface area contributed by atoms with Gasteiger partial charge in [0.15, 0.2) is 5.82 Å². The smallest absolute Gasteiger partial charge is 0.410 e. The van der Waals surface area contributed by atoms with Crippen LogP contribution in [0.4, 0.5) is 9.18 Å². The quantitative estimate of drug-likeness (QED) is 0.354. The number of hydrogen-bond acceptors (Lipinski definition) is 6. The second-order valence-electron chi connectivity index (χ2n) is 9.56. The van der Waals surface area contributed by atoms with Gasteiger partial charge in [0, 0.05) is 24.0 Å². The summed E-state index contributed by atoms with van der Waals surface area (Å²) in [6, 6.07) is 3.86. The Balaban J connectivity index is 1.79. The van der Waals surface area contributed by atoms with Crippen LogP contribution in [-0.4, -0.2) is 50.0 Å². The van der Waals surface area contributed by atoms with Crippen LogP contribution in [0.15, 0.2) is 21.9 Å². The van der Waals surface area contributed by atoms with Gasteiger partial charge in [-0.2, -0.15) is 5.26 Å². The molecule has 2 atom stereocenters. The van der Waals surface area contributed by atoms with Crippen LogP contribution < -0.4 is 0 Å². The maximum absolute atomic E-state index is 15.2. The van der Waals surface area contributed by atoms with Gasteiger partial charge in [0.1, 0.15) is 21.7 Å². The highest BCUT2D eigenvalue weighted by Crippen LogP contribution is 2.39. The second kappa shape index (κ2) is 9.34. The Kier molecular flexibility index (Phi) is 6.80. The van der Waals surface area contributed by atoms with Crippen LogP contribution in [0.5, 0.6) is 0 Å². The van der Waals surface area contributed by atoms with Crippen molar-refractivity contribution in [3.8, 4) is 6.07 Å². The van der Waals surface area contributed by atoms with E-state index in [2.05, 4.69) is 36.5 Å². The van der Waals surface area contributed by atoms with Crippen LogP contribution in [-0.2, 0) is 4.74 Å². The van der Waals surface area contributed by atoms with E-state index in [0.717, 1.165) is 16.6 Å². The summed E-state index contributed by atoms with van der Waals surface area (Å²) in [7, 11) is 0. The van der Waals surface area contributed by atoms with Gasteiger partial charge in [0.25, 0.3) is 0 Å². The third kappa shape index (κ3) is 4.48. The number of hydrogen-bond donors (Lipinski definition) is 0. The van der Waals surface area contributed by atoms with Crippen LogP contribution in [0, 0.1) is 24.1 Å². The Morgan fingerprint density at radius 3 is 2.79 bits per heavy atom. The molecule has 1 saturated heterocycles. The van der Waals surface area contributed by atoms with Crippen molar-refractivity contribution >= 4 is 55.7 Å². The topological polar surface area (TPSA) is 84.0 Å². The van der Waals surface area contributed by atoms with Crippen molar-refractivity contribution < 1.29 is 13.9 Å². The van der Waals surface area contributed by atoms with E-state index in [-0.39, 0.29) is 24.3 Å². The normalized spacial score (nSPS) is 18.9. The number of piperidine rings is 1. The summed E-state index contributed by atoms with van der Waals surface area (Å²) in [5.41, 5.74) is 2.03. The second-order valence-corrected chi connectivity index (χ2v) is 11.1. The van der Waals surface area contributed by atoms with E-state index in [4.69, 9.17) is 4.74 Å². The number of thioether (sulfide) groups is 1. The first kappa shape index (κ1) is 24.7. The van der Waals surface area contributed by atoms with Gasteiger partial charge in [-0.3, -0.25) is 0 Å². The predicted octanol–water partition coefficient (Wildman–Crippen LogP) is 6.37. The molecule has 3 aromatic rings. The number of aromatic nitrogens is 3. The number of carbonyl (C=O) groups excluding carboxylic acids is 1. The van der Waals surface area contributed by atoms with Crippen molar-refractivity contribution in [3.63, 3.8) is 0 Å². The van der Waals surface area contributed by atoms with Gasteiger partial charge < -0.3 is 14.2 Å². The van der Waals surface area contributed by atoms with E-state index in [9.17, 15) is 10.1 Å². The fraction of sp³-hybridized carbons (Fsp3) is 0.500. The number of pyridine rings is 1. The predicted molar refractivity (Wildman–Crippen MR) is 134 cm³/mol. The highest BCUT2D eigenvalue weighted by atomic mass is 79.9. The van der Waals surface area contributed by atoms with Gasteiger partial charge in [-0.1, -0.05) is 0 Å². The Bertz CT molecular complexity index is 1310. The number of likely N-dealkylation sites (tertiary alicyclic amines) is 1. The largest absolute Gasteiger partial charge is 0.444 e. The zero-order valence-corrected chi connectivity index (χ0v) is 22.3. The van der Waals surface area contributed by atoms with E-state index in [1.807, 2.05) is 40.0 Å². The van der Waals surface area contributed by atoms with Crippen LogP contribution in [0.1, 0.15) is 51.6 Å². The Hall–Kier alpha value is -2.38. The third-order valence-corrected chi connectivity index (χ3v) is 7.70. The molecule has 1 fully saturated rings. The van der Waals surface area contributed by atoms with Gasteiger partial charge >= 0.3 is 6.09 Å². The van der Waals surface area contributed by atoms with Gasteiger partial charge in [-0.25, -0.2) is 19.2 Å². The lowest BCUT2D eigenvalue weighted by molar-refractivity contribution is 0.00618. The summed E-state index contributed by atoms with van der Waals surface area (Å²) in [5, 5.41) is 10.8. The number of halogens is 2. The van der Waals surface area contributed by atoms with Crippen LogP contribution in [0.2, 0.25) is 0 Å². The summed E-state index contributed by atoms with van der Waals surface area (Å²) in [4.78, 5) is 23.7. The summed E-state index contributed by atoms with van der Waals surface area (Å²) >= 11 is 4.77. The number of ether oxygens (including phenoxy) is 1. The first-order valence-corrected chi connectivity index (χ1v) is 13.1. The average molecular weight is 548 g/mol. The van der Waals surface area contributed by atoms with E-state index in [0.29, 0.717) is 39.8 Å². The Labute approximate surface area is 210 Å². The molecule has 1 aliphatic heterocycles. The van der Waals surface area contributed by atoms with Crippen molar-refractivity contribution in [2.24, 2.45) is 0 Å². The fourth-order valence-electron chi connectivity index (χ4n) is 4.53. The van der Waals surface area contributed by atoms with E-state index in [1.54, 1.807) is 11.2 Å². The molecule has 4 rings (SSSR count). The monoisotopic (exact) mass is 547 g/mol. The number of nitriles is 1. The van der Waals surface area contributed by atoms with E-state index in [1.165, 1.54) is 11.8 Å². The summed E-state index contributed by atoms with van der Waals surface area (Å²) in [6.07, 6.45) is 4.73. The molecule has 3 heterocycles. The van der Waals surface area contributed by atoms with Crippen molar-refractivity contribution in [1.82, 2.24) is 19.4 Å². The molecule has 0 spiro atoms. The van der Waals surface area contributed by atoms with Gasteiger partial charge in [-0.05, 0) is 74.4 Å². The summed E-state index contributed by atoms with van der Waals surface area (Å²) in [6.45, 7) is 7.80. The number of fused-ring (bicyclic) bond motifs is 3. The first-order valence-electron chi connectivity index (χ1n) is 11.1. The van der Waals surface area contributed by atoms with E-state index < -0.39 is 11.7 Å². The molecule has 0 N–H and O–H groups in total. The number of carbonyl (C=O) groups is 1. The minimum atomic E-state index is -0.609. The van der Waals surface area contributed by atoms with E-state index >= 15 is 4.39 Å². The zero-order valence-electron chi connectivity index (χ0n) is 19.9. The molecular formula is C24H27BrFN5O2S. The number of benzene rings is 1. The molecule has 0 aliphatic carbocycles. The number of nitrogens with zero attached hydrogens (tertiary/aromatic N) is 5. The molecule has 1 amide bonds. The average Bonchev–Trinajstić information content (AvgIpc) is 3.22. The summed E-state index contributed by atoms with van der Waals surface area (Å²) in [5.74, 6) is -0.387. The molecule has 0 bridgehead atoms. The van der Waals surface area contributed by atoms with Crippen molar-refractivity contribution in [2.45, 2.75) is 69.7 Å². The lowest BCUT2D eigenvalue weighted by Crippen LogP contribution is -2.48. The van der Waals surface area contributed by atoms with Crippen molar-refractivity contribution in [2.75, 3.05) is 12.8 Å². The molecule has 34 heavy (non-hydrogen) atoms. The standard InChI is InChI=1S/C24H27BrFN5O2S/c1-13-10-16-19(18(26)17(13)25)29-22(34-5)20-21(16)31(12-28-20)15-7-9-30(14(11-15)6-8-27)23(32)33-24(2,3)4/h10,12,14-15H,6-7,9,11H2,1-5H3/t14-,15+/m1/s1. The van der Waals surface area contributed by atoms with Crippen LogP contribution in [0.3, 0.4) is 0 Å². The molecule has 1 aliphatic rings. The molecule has 0 radical (unpaired) electrons. The van der Waals surface area contributed by atoms with Crippen molar-refractivity contribution in [3.05, 3.63) is 28.2 Å². The lowest BCUT2D eigenvalue weighted by Gasteiger charge is -2.39. The lowest BCUT2D eigenvalue weighted by atomic mass is 9.95. The SMILES string of the molecule is CSc1nc2c(F)c(Br)c(C)cc2c2c1ncn2[C@H]1CCN(C(=O)OC(C)(C)C)[C@H](CC#N)C1. The number of aryl methyl sites for hydroxylation is 1. The maximum atomic E-state index is 15.2. The Morgan fingerprint density at radius 1 is 1.41 bits per heavy atom. The highest BCUT2D eigenvalue weighted by Gasteiger charge is 2.35. The van der Waals surface area contributed by atoms with Crippen molar-refractivity contribution in [1.29, 1.82) is 5.26 Å². The minimum absolute atomic E-state index is 0.00522. The van der Waals surface area contributed by atoms with Crippen LogP contribution in [0.25, 0.3) is 21.9 Å². The van der Waals surface area contributed by atoms with Gasteiger partial charge in [0.05, 0.1) is 28.8 Å². The first-order chi connectivity index (χ1) is 16.1. The molecule has 0 saturated carbocycles. The molecule has 2 aromatic heterocycles. The van der Waals surface area contributed by atoms with Crippen LogP contribution >= 0.6 is 27.7 Å². The zero-order chi connectivity index (χ0) is 24.8. The number of amides is 1. The molecule has 7 nitrogen and oxygen atoms in total. The highest BCUT2D eigenvalue weighted by molar-refractivity contribution is 9.10. The molecular weight excluding hydrogens is 521 g/mol. The number of imidazole rings is 1. The minimum Gasteiger partial charge on any atom is -0.444 e. The Morgan fingerprint density at radius 2 is 2.15 bits per heavy atom. The fourth-order valence-corrected chi connectivity index (χ4v) is 5.36. The molecule has 180 valence electrons. The maximum Gasteiger partial charge on any atom is 0.410 e. The third-order valence-electron chi connectivity index (χ3n) is 6.06. The molecule has 1 aromatic carbocycles. The molecule has 0 unspecified atom stereocenters. The molecule has 10 heteroatoms. The van der Waals surface area contributed by atoms with Gasteiger partial charge in [0.2, 0.25) is 0 Å². The van der Waals surface area contributed by atoms with Gasteiger partial charge in [-0.15, -0.1) is 11.8 Å². The summed E-state index contributed by atoms with van der Waals surface area (Å²) < 4.78 is 23.2. The number of rotatable bonds is 3.